The van der Waals surface area contributed by atoms with Crippen LogP contribution in [-0.2, 0) is 0 Å². The summed E-state index contributed by atoms with van der Waals surface area (Å²) in [5, 5.41) is 0. The van der Waals surface area contributed by atoms with E-state index in [1.165, 1.54) is 51.4 Å². The van der Waals surface area contributed by atoms with Crippen LogP contribution in [0.2, 0.25) is 0 Å². The molecular formula is C17H36. The molecule has 0 aliphatic heterocycles. The molecule has 0 aliphatic carbocycles. The smallest absolute Gasteiger partial charge is 0.0354 e. The first-order valence-corrected chi connectivity index (χ1v) is 7.95. The molecule has 0 saturated carbocycles. The van der Waals surface area contributed by atoms with Crippen LogP contribution in [0.3, 0.4) is 0 Å². The van der Waals surface area contributed by atoms with Gasteiger partial charge in [-0.05, 0) is 23.7 Å². The predicted octanol–water partition coefficient (Wildman–Crippen LogP) is 6.45. The van der Waals surface area contributed by atoms with Gasteiger partial charge in [-0.2, -0.15) is 0 Å². The summed E-state index contributed by atoms with van der Waals surface area (Å²) in [6, 6.07) is 0. The second-order valence-corrected chi connectivity index (χ2v) is 6.85. The zero-order chi connectivity index (χ0) is 13.3. The third-order valence-electron chi connectivity index (χ3n) is 4.32. The zero-order valence-corrected chi connectivity index (χ0v) is 13.3. The molecule has 0 nitrogen and oxygen atoms in total. The fraction of sp³-hybridized carbons (Fsp3) is 1.00. The Morgan fingerprint density at radius 3 is 1.76 bits per heavy atom. The SMILES string of the molecule is CCCC(CCC)CCC(C)CC(C)(C)CC. The van der Waals surface area contributed by atoms with E-state index in [-0.39, 0.29) is 0 Å². The average Bonchev–Trinajstić information content (AvgIpc) is 2.26. The van der Waals surface area contributed by atoms with Crippen molar-refractivity contribution in [1.82, 2.24) is 0 Å². The molecule has 0 rings (SSSR count). The van der Waals surface area contributed by atoms with Crippen LogP contribution in [0.4, 0.5) is 0 Å². The lowest BCUT2D eigenvalue weighted by Crippen LogP contribution is -2.15. The van der Waals surface area contributed by atoms with Gasteiger partial charge in [-0.15, -0.1) is 0 Å². The maximum absolute atomic E-state index is 2.45. The van der Waals surface area contributed by atoms with E-state index in [1.54, 1.807) is 0 Å². The van der Waals surface area contributed by atoms with E-state index in [9.17, 15) is 0 Å². The molecule has 0 bridgehead atoms. The molecule has 0 amide bonds. The Morgan fingerprint density at radius 2 is 1.35 bits per heavy atom. The van der Waals surface area contributed by atoms with Crippen LogP contribution in [0, 0.1) is 17.3 Å². The van der Waals surface area contributed by atoms with Crippen molar-refractivity contribution in [3.8, 4) is 0 Å². The Hall–Kier alpha value is 0. The third kappa shape index (κ3) is 8.69. The van der Waals surface area contributed by atoms with Crippen molar-refractivity contribution in [3.63, 3.8) is 0 Å². The van der Waals surface area contributed by atoms with Gasteiger partial charge in [-0.25, -0.2) is 0 Å². The largest absolute Gasteiger partial charge is 0.0654 e. The number of hydrogen-bond donors (Lipinski definition) is 0. The summed E-state index contributed by atoms with van der Waals surface area (Å²) in [7, 11) is 0. The van der Waals surface area contributed by atoms with Crippen molar-refractivity contribution in [2.45, 2.75) is 92.9 Å². The van der Waals surface area contributed by atoms with Crippen LogP contribution < -0.4 is 0 Å². The third-order valence-corrected chi connectivity index (χ3v) is 4.32. The van der Waals surface area contributed by atoms with Crippen LogP contribution in [-0.4, -0.2) is 0 Å². The first-order valence-electron chi connectivity index (χ1n) is 7.95. The standard InChI is InChI=1S/C17H36/c1-7-10-16(11-8-2)13-12-15(4)14-17(5,6)9-3/h15-16H,7-14H2,1-6H3. The summed E-state index contributed by atoms with van der Waals surface area (Å²) in [6.45, 7) is 14.3. The molecule has 1 atom stereocenters. The highest BCUT2D eigenvalue weighted by molar-refractivity contribution is 4.71. The van der Waals surface area contributed by atoms with Crippen LogP contribution in [0.5, 0.6) is 0 Å². The van der Waals surface area contributed by atoms with E-state index in [4.69, 9.17) is 0 Å². The number of rotatable bonds is 10. The quantitative estimate of drug-likeness (QED) is 0.412. The van der Waals surface area contributed by atoms with Gasteiger partial charge in [-0.1, -0.05) is 86.5 Å². The van der Waals surface area contributed by atoms with Crippen LogP contribution in [0.25, 0.3) is 0 Å². The maximum atomic E-state index is 2.45. The minimum atomic E-state index is 0.546. The summed E-state index contributed by atoms with van der Waals surface area (Å²) in [5.74, 6) is 1.90. The Labute approximate surface area is 111 Å². The molecule has 0 fully saturated rings. The van der Waals surface area contributed by atoms with Gasteiger partial charge in [0.25, 0.3) is 0 Å². The molecule has 0 aliphatic rings. The first-order chi connectivity index (χ1) is 7.95. The van der Waals surface area contributed by atoms with Gasteiger partial charge in [0.1, 0.15) is 0 Å². The van der Waals surface area contributed by atoms with E-state index in [0.717, 1.165) is 11.8 Å². The summed E-state index contributed by atoms with van der Waals surface area (Å²) in [6.07, 6.45) is 11.2. The highest BCUT2D eigenvalue weighted by Crippen LogP contribution is 2.32. The van der Waals surface area contributed by atoms with Gasteiger partial charge in [0, 0.05) is 0 Å². The maximum Gasteiger partial charge on any atom is -0.0354 e. The summed E-state index contributed by atoms with van der Waals surface area (Å²) >= 11 is 0. The van der Waals surface area contributed by atoms with Crippen molar-refractivity contribution >= 4 is 0 Å². The molecule has 0 heteroatoms. The van der Waals surface area contributed by atoms with Crippen molar-refractivity contribution < 1.29 is 0 Å². The molecule has 0 radical (unpaired) electrons. The van der Waals surface area contributed by atoms with Crippen LogP contribution in [0.1, 0.15) is 92.9 Å². The Kier molecular flexibility index (Phi) is 9.00. The predicted molar refractivity (Wildman–Crippen MR) is 80.4 cm³/mol. The van der Waals surface area contributed by atoms with Crippen molar-refractivity contribution in [2.24, 2.45) is 17.3 Å². The minimum Gasteiger partial charge on any atom is -0.0654 e. The molecule has 0 saturated heterocycles. The molecule has 0 N–H and O–H groups in total. The number of hydrogen-bond acceptors (Lipinski definition) is 0. The lowest BCUT2D eigenvalue weighted by atomic mass is 9.78. The summed E-state index contributed by atoms with van der Waals surface area (Å²) in [4.78, 5) is 0. The average molecular weight is 240 g/mol. The molecular weight excluding hydrogens is 204 g/mol. The Balaban J connectivity index is 3.90. The molecule has 0 heterocycles. The second kappa shape index (κ2) is 9.00. The second-order valence-electron chi connectivity index (χ2n) is 6.85. The van der Waals surface area contributed by atoms with Gasteiger partial charge in [0.05, 0.1) is 0 Å². The van der Waals surface area contributed by atoms with E-state index < -0.39 is 0 Å². The Bertz CT molecular complexity index is 163. The lowest BCUT2D eigenvalue weighted by molar-refractivity contribution is 0.245. The first kappa shape index (κ1) is 17.0. The van der Waals surface area contributed by atoms with Gasteiger partial charge in [-0.3, -0.25) is 0 Å². The van der Waals surface area contributed by atoms with Crippen molar-refractivity contribution in [2.75, 3.05) is 0 Å². The fourth-order valence-electron chi connectivity index (χ4n) is 2.96. The molecule has 0 aromatic carbocycles. The normalized spacial score (nSPS) is 14.3. The van der Waals surface area contributed by atoms with E-state index in [0.29, 0.717) is 5.41 Å². The molecule has 104 valence electrons. The molecule has 0 aromatic heterocycles. The highest BCUT2D eigenvalue weighted by atomic mass is 14.2. The van der Waals surface area contributed by atoms with E-state index in [1.807, 2.05) is 0 Å². The van der Waals surface area contributed by atoms with Crippen LogP contribution >= 0.6 is 0 Å². The van der Waals surface area contributed by atoms with E-state index >= 15 is 0 Å². The summed E-state index contributed by atoms with van der Waals surface area (Å²) in [5.41, 5.74) is 0.546. The monoisotopic (exact) mass is 240 g/mol. The van der Waals surface area contributed by atoms with E-state index in [2.05, 4.69) is 41.5 Å². The van der Waals surface area contributed by atoms with Crippen molar-refractivity contribution in [1.29, 1.82) is 0 Å². The van der Waals surface area contributed by atoms with Gasteiger partial charge in [0.15, 0.2) is 0 Å². The fourth-order valence-corrected chi connectivity index (χ4v) is 2.96. The Morgan fingerprint density at radius 1 is 0.824 bits per heavy atom. The molecule has 1 unspecified atom stereocenters. The van der Waals surface area contributed by atoms with Gasteiger partial charge >= 0.3 is 0 Å². The summed E-state index contributed by atoms with van der Waals surface area (Å²) < 4.78 is 0. The zero-order valence-electron chi connectivity index (χ0n) is 13.3. The minimum absolute atomic E-state index is 0.546. The van der Waals surface area contributed by atoms with Crippen molar-refractivity contribution in [3.05, 3.63) is 0 Å². The molecule has 17 heavy (non-hydrogen) atoms. The topological polar surface area (TPSA) is 0 Å². The van der Waals surface area contributed by atoms with Gasteiger partial charge < -0.3 is 0 Å². The highest BCUT2D eigenvalue weighted by Gasteiger charge is 2.19. The molecule has 0 aromatic rings. The van der Waals surface area contributed by atoms with Crippen LogP contribution in [0.15, 0.2) is 0 Å². The lowest BCUT2D eigenvalue weighted by Gasteiger charge is -2.27. The molecule has 0 spiro atoms. The van der Waals surface area contributed by atoms with Gasteiger partial charge in [0.2, 0.25) is 0 Å².